The van der Waals surface area contributed by atoms with Gasteiger partial charge in [0.1, 0.15) is 22.8 Å². The Labute approximate surface area is 226 Å². The molecule has 0 bridgehead atoms. The number of benzene rings is 2. The van der Waals surface area contributed by atoms with Crippen LogP contribution in [-0.4, -0.2) is 52.0 Å². The molecular weight excluding hydrogens is 531 g/mol. The molecule has 2 aliphatic rings. The number of carbonyl (C=O) groups excluding carboxylic acids is 3. The van der Waals surface area contributed by atoms with E-state index in [0.717, 1.165) is 29.2 Å². The maximum atomic E-state index is 15.4. The summed E-state index contributed by atoms with van der Waals surface area (Å²) in [5.41, 5.74) is 3.34. The lowest BCUT2D eigenvalue weighted by molar-refractivity contribution is -0.133. The Balaban J connectivity index is 1.41. The number of nitrogens with two attached hydrogens (primary N) is 1. The average Bonchev–Trinajstić information content (AvgIpc) is 3.62. The molecule has 1 aliphatic heterocycles. The first-order valence-electron chi connectivity index (χ1n) is 12.3. The number of amides is 4. The number of nitrogens with zero attached hydrogens (tertiary/aromatic N) is 3. The second-order valence-corrected chi connectivity index (χ2v) is 9.59. The van der Waals surface area contributed by atoms with Crippen molar-refractivity contribution in [1.29, 1.82) is 0 Å². The molecule has 1 aliphatic carbocycles. The summed E-state index contributed by atoms with van der Waals surface area (Å²) in [6, 6.07) is 8.09. The van der Waals surface area contributed by atoms with Crippen molar-refractivity contribution < 1.29 is 37.4 Å². The van der Waals surface area contributed by atoms with Crippen LogP contribution in [0.15, 0.2) is 54.7 Å². The van der Waals surface area contributed by atoms with Gasteiger partial charge in [0.25, 0.3) is 0 Å². The number of anilines is 3. The Morgan fingerprint density at radius 2 is 1.80 bits per heavy atom. The van der Waals surface area contributed by atoms with E-state index < -0.39 is 58.3 Å². The largest absolute Gasteiger partial charge is 0.454 e. The number of rotatable bonds is 7. The number of likely N-dealkylation sites (tertiary alicyclic amines) is 1. The summed E-state index contributed by atoms with van der Waals surface area (Å²) < 4.78 is 49.8. The molecule has 0 radical (unpaired) electrons. The molecule has 1 unspecified atom stereocenters. The number of ether oxygens (including phenoxy) is 1. The lowest BCUT2D eigenvalue weighted by Crippen LogP contribution is -2.41. The van der Waals surface area contributed by atoms with Crippen LogP contribution in [0.5, 0.6) is 11.5 Å². The number of β-amino-alcohol motifs (C(OH)–C–C–N with tert-alkyl or cyclic N) is 1. The second kappa shape index (κ2) is 10.5. The fourth-order valence-corrected chi connectivity index (χ4v) is 4.41. The number of aromatic nitrogens is 1. The summed E-state index contributed by atoms with van der Waals surface area (Å²) in [6.45, 7) is 0.550. The van der Waals surface area contributed by atoms with Crippen LogP contribution in [-0.2, 0) is 9.59 Å². The van der Waals surface area contributed by atoms with Gasteiger partial charge in [-0.2, -0.15) is 0 Å². The van der Waals surface area contributed by atoms with Gasteiger partial charge in [0, 0.05) is 43.2 Å². The quantitative estimate of drug-likeness (QED) is 0.379. The molecule has 4 amide bonds. The molecule has 13 heteroatoms. The van der Waals surface area contributed by atoms with E-state index >= 15 is 8.78 Å². The predicted molar refractivity (Wildman–Crippen MR) is 136 cm³/mol. The molecular formula is C27H24F3N5O5. The zero-order chi connectivity index (χ0) is 28.6. The second-order valence-electron chi connectivity index (χ2n) is 9.59. The fourth-order valence-electron chi connectivity index (χ4n) is 4.41. The maximum absolute atomic E-state index is 15.4. The Morgan fingerprint density at radius 3 is 2.42 bits per heavy atom. The van der Waals surface area contributed by atoms with Gasteiger partial charge in [-0.3, -0.25) is 19.8 Å². The Morgan fingerprint density at radius 1 is 1.07 bits per heavy atom. The number of carbonyl (C=O) groups is 3. The summed E-state index contributed by atoms with van der Waals surface area (Å²) in [5.74, 6) is -4.92. The number of primary amides is 1. The number of pyridine rings is 1. The van der Waals surface area contributed by atoms with Crippen LogP contribution in [0.3, 0.4) is 0 Å². The highest BCUT2D eigenvalue weighted by Gasteiger charge is 2.57. The predicted octanol–water partition coefficient (Wildman–Crippen LogP) is 3.82. The third kappa shape index (κ3) is 5.27. The molecule has 40 heavy (non-hydrogen) atoms. The number of nitrogens with one attached hydrogen (secondary N) is 1. The van der Waals surface area contributed by atoms with Crippen molar-refractivity contribution in [2.45, 2.75) is 25.4 Å². The lowest BCUT2D eigenvalue weighted by Gasteiger charge is -2.27. The standard InChI is InChI=1S/C27H24F3N5O5/c28-15-1-3-16(4-2-15)35(25(38)27(7-8-27)24(31)37)21-12-20(30)22(13-19(21)29)40-18-5-9-32-23(11-18)33-26(39)34-10-6-17(36)14-34/h1-5,9,11-13,17,36H,6-8,10,14H2,(H2,31,37)(H,32,33,39). The molecule has 2 heterocycles. The Bertz CT molecular complexity index is 1480. The van der Waals surface area contributed by atoms with Gasteiger partial charge in [0.05, 0.1) is 11.8 Å². The summed E-state index contributed by atoms with van der Waals surface area (Å²) in [5, 5.41) is 12.2. The highest BCUT2D eigenvalue weighted by Crippen LogP contribution is 2.49. The molecule has 1 saturated heterocycles. The summed E-state index contributed by atoms with van der Waals surface area (Å²) >= 11 is 0. The van der Waals surface area contributed by atoms with Crippen molar-refractivity contribution in [1.82, 2.24) is 9.88 Å². The molecule has 2 aromatic carbocycles. The van der Waals surface area contributed by atoms with Gasteiger partial charge in [-0.15, -0.1) is 0 Å². The normalized spacial score (nSPS) is 17.3. The number of aliphatic hydroxyl groups is 1. The van der Waals surface area contributed by atoms with Gasteiger partial charge in [-0.25, -0.2) is 22.9 Å². The van der Waals surface area contributed by atoms with Crippen LogP contribution in [0.25, 0.3) is 0 Å². The summed E-state index contributed by atoms with van der Waals surface area (Å²) in [6.07, 6.45) is 1.43. The highest BCUT2D eigenvalue weighted by atomic mass is 19.1. The van der Waals surface area contributed by atoms with Gasteiger partial charge in [-0.1, -0.05) is 0 Å². The van der Waals surface area contributed by atoms with Crippen molar-refractivity contribution in [3.05, 3.63) is 72.2 Å². The molecule has 3 aromatic rings. The zero-order valence-corrected chi connectivity index (χ0v) is 20.9. The molecule has 1 aromatic heterocycles. The van der Waals surface area contributed by atoms with Crippen LogP contribution >= 0.6 is 0 Å². The van der Waals surface area contributed by atoms with Crippen molar-refractivity contribution >= 4 is 35.0 Å². The number of hydrogen-bond acceptors (Lipinski definition) is 6. The summed E-state index contributed by atoms with van der Waals surface area (Å²) in [7, 11) is 0. The summed E-state index contributed by atoms with van der Waals surface area (Å²) in [4.78, 5) is 44.0. The minimum absolute atomic E-state index is 0.00549. The minimum atomic E-state index is -1.57. The third-order valence-electron chi connectivity index (χ3n) is 6.81. The van der Waals surface area contributed by atoms with Crippen molar-refractivity contribution in [2.75, 3.05) is 23.3 Å². The smallest absolute Gasteiger partial charge is 0.323 e. The van der Waals surface area contributed by atoms with Crippen molar-refractivity contribution in [3.8, 4) is 11.5 Å². The van der Waals surface area contributed by atoms with E-state index in [0.29, 0.717) is 13.0 Å². The first-order valence-corrected chi connectivity index (χ1v) is 12.3. The average molecular weight is 556 g/mol. The van der Waals surface area contributed by atoms with Crippen LogP contribution in [0.1, 0.15) is 19.3 Å². The molecule has 2 fully saturated rings. The Hall–Kier alpha value is -4.65. The molecule has 0 spiro atoms. The maximum Gasteiger partial charge on any atom is 0.323 e. The van der Waals surface area contributed by atoms with E-state index in [9.17, 15) is 23.9 Å². The number of aliphatic hydroxyl groups excluding tert-OH is 1. The number of urea groups is 1. The van der Waals surface area contributed by atoms with Gasteiger partial charge in [0.2, 0.25) is 11.8 Å². The monoisotopic (exact) mass is 555 g/mol. The van der Waals surface area contributed by atoms with E-state index in [1.54, 1.807) is 0 Å². The molecule has 208 valence electrons. The van der Waals surface area contributed by atoms with Gasteiger partial charge in [-0.05, 0) is 49.6 Å². The van der Waals surface area contributed by atoms with Crippen LogP contribution in [0, 0.1) is 22.9 Å². The molecule has 5 rings (SSSR count). The van der Waals surface area contributed by atoms with E-state index in [1.807, 2.05) is 0 Å². The van der Waals surface area contributed by atoms with E-state index in [2.05, 4.69) is 10.3 Å². The Kier molecular flexibility index (Phi) is 7.06. The number of hydrogen-bond donors (Lipinski definition) is 3. The van der Waals surface area contributed by atoms with Crippen LogP contribution in [0.4, 0.5) is 35.2 Å². The van der Waals surface area contributed by atoms with Gasteiger partial charge >= 0.3 is 6.03 Å². The molecule has 10 nitrogen and oxygen atoms in total. The van der Waals surface area contributed by atoms with Gasteiger partial charge < -0.3 is 20.5 Å². The van der Waals surface area contributed by atoms with Crippen LogP contribution < -0.4 is 20.7 Å². The third-order valence-corrected chi connectivity index (χ3v) is 6.81. The SMILES string of the molecule is NC(=O)C1(C(=O)N(c2ccc(F)cc2)c2cc(F)c(Oc3ccnc(NC(=O)N4CCC(O)C4)c3)cc2F)CC1. The van der Waals surface area contributed by atoms with Gasteiger partial charge in [0.15, 0.2) is 17.4 Å². The molecule has 1 atom stereocenters. The fraction of sp³-hybridized carbons (Fsp3) is 0.259. The zero-order valence-electron chi connectivity index (χ0n) is 20.9. The van der Waals surface area contributed by atoms with E-state index in [4.69, 9.17) is 10.5 Å². The van der Waals surface area contributed by atoms with Crippen LogP contribution in [0.2, 0.25) is 0 Å². The number of halogens is 3. The highest BCUT2D eigenvalue weighted by molar-refractivity contribution is 6.16. The van der Waals surface area contributed by atoms with Crippen molar-refractivity contribution in [2.24, 2.45) is 11.1 Å². The topological polar surface area (TPSA) is 138 Å². The first kappa shape index (κ1) is 26.9. The molecule has 1 saturated carbocycles. The first-order chi connectivity index (χ1) is 19.1. The van der Waals surface area contributed by atoms with E-state index in [-0.39, 0.29) is 36.6 Å². The van der Waals surface area contributed by atoms with E-state index in [1.165, 1.54) is 35.4 Å². The minimum Gasteiger partial charge on any atom is -0.454 e. The lowest BCUT2D eigenvalue weighted by atomic mass is 10.0. The molecule has 4 N–H and O–H groups in total. The van der Waals surface area contributed by atoms with Crippen molar-refractivity contribution in [3.63, 3.8) is 0 Å².